The SMILES string of the molecule is CCS(=O)(=O)Oc1cc(CN(CC(C)C)C(=O)C2CCCC2)ccc1OC. The van der Waals surface area contributed by atoms with E-state index in [-0.39, 0.29) is 23.3 Å². The minimum absolute atomic E-state index is 0.109. The second kappa shape index (κ2) is 9.44. The highest BCUT2D eigenvalue weighted by atomic mass is 32.2. The van der Waals surface area contributed by atoms with Crippen LogP contribution in [0.25, 0.3) is 0 Å². The second-order valence-corrected chi connectivity index (χ2v) is 9.37. The summed E-state index contributed by atoms with van der Waals surface area (Å²) in [6.07, 6.45) is 4.14. The van der Waals surface area contributed by atoms with Crippen molar-refractivity contribution in [2.75, 3.05) is 19.4 Å². The van der Waals surface area contributed by atoms with Gasteiger partial charge in [0.2, 0.25) is 5.91 Å². The Kier molecular flexibility index (Phi) is 7.53. The van der Waals surface area contributed by atoms with Crippen molar-refractivity contribution >= 4 is 16.0 Å². The number of amides is 1. The third-order valence-corrected chi connectivity index (χ3v) is 5.91. The van der Waals surface area contributed by atoms with Gasteiger partial charge in [-0.15, -0.1) is 0 Å². The Morgan fingerprint density at radius 3 is 2.44 bits per heavy atom. The summed E-state index contributed by atoms with van der Waals surface area (Å²) in [5.74, 6) is 1.05. The summed E-state index contributed by atoms with van der Waals surface area (Å²) >= 11 is 0. The monoisotopic (exact) mass is 397 g/mol. The Hall–Kier alpha value is -1.76. The molecule has 0 radical (unpaired) electrons. The Bertz CT molecular complexity index is 739. The summed E-state index contributed by atoms with van der Waals surface area (Å²) in [5.41, 5.74) is 0.823. The molecule has 0 heterocycles. The first-order valence-electron chi connectivity index (χ1n) is 9.63. The molecule has 0 spiro atoms. The van der Waals surface area contributed by atoms with Crippen LogP contribution in [0.3, 0.4) is 0 Å². The average molecular weight is 398 g/mol. The number of hydrogen-bond acceptors (Lipinski definition) is 5. The van der Waals surface area contributed by atoms with Gasteiger partial charge in [-0.25, -0.2) is 0 Å². The molecule has 0 unspecified atom stereocenters. The first-order valence-corrected chi connectivity index (χ1v) is 11.2. The van der Waals surface area contributed by atoms with E-state index in [0.29, 0.717) is 24.8 Å². The molecule has 0 aromatic heterocycles. The van der Waals surface area contributed by atoms with Crippen molar-refractivity contribution in [2.45, 2.75) is 53.0 Å². The zero-order chi connectivity index (χ0) is 20.0. The van der Waals surface area contributed by atoms with Crippen LogP contribution in [0.2, 0.25) is 0 Å². The van der Waals surface area contributed by atoms with Crippen molar-refractivity contribution in [2.24, 2.45) is 11.8 Å². The Labute approximate surface area is 163 Å². The molecule has 1 saturated carbocycles. The third-order valence-electron chi connectivity index (χ3n) is 4.77. The Balaban J connectivity index is 2.24. The molecule has 1 aliphatic rings. The van der Waals surface area contributed by atoms with Crippen molar-refractivity contribution in [3.05, 3.63) is 23.8 Å². The minimum atomic E-state index is -3.66. The van der Waals surface area contributed by atoms with E-state index in [1.165, 1.54) is 14.0 Å². The lowest BCUT2D eigenvalue weighted by atomic mass is 10.0. The van der Waals surface area contributed by atoms with Crippen LogP contribution in [-0.2, 0) is 21.5 Å². The first kappa shape index (κ1) is 21.5. The molecular weight excluding hydrogens is 366 g/mol. The molecule has 1 aliphatic carbocycles. The van der Waals surface area contributed by atoms with Crippen LogP contribution in [0.15, 0.2) is 18.2 Å². The number of methoxy groups -OCH3 is 1. The fourth-order valence-corrected chi connectivity index (χ4v) is 3.93. The molecule has 1 fully saturated rings. The molecule has 1 amide bonds. The van der Waals surface area contributed by atoms with E-state index in [4.69, 9.17) is 8.92 Å². The van der Waals surface area contributed by atoms with Crippen molar-refractivity contribution in [1.82, 2.24) is 4.90 Å². The van der Waals surface area contributed by atoms with E-state index in [9.17, 15) is 13.2 Å². The molecule has 0 saturated heterocycles. The third kappa shape index (κ3) is 6.13. The highest BCUT2D eigenvalue weighted by molar-refractivity contribution is 7.87. The van der Waals surface area contributed by atoms with Gasteiger partial charge in [-0.3, -0.25) is 4.79 Å². The van der Waals surface area contributed by atoms with E-state index in [0.717, 1.165) is 31.2 Å². The second-order valence-electron chi connectivity index (χ2n) is 7.51. The van der Waals surface area contributed by atoms with Crippen molar-refractivity contribution < 1.29 is 22.1 Å². The quantitative estimate of drug-likeness (QED) is 0.595. The molecule has 0 atom stereocenters. The number of benzene rings is 1. The predicted octanol–water partition coefficient (Wildman–Crippen LogP) is 3.60. The average Bonchev–Trinajstić information content (AvgIpc) is 3.15. The van der Waals surface area contributed by atoms with Gasteiger partial charge in [0, 0.05) is 19.0 Å². The molecule has 6 nitrogen and oxygen atoms in total. The molecule has 27 heavy (non-hydrogen) atoms. The lowest BCUT2D eigenvalue weighted by Gasteiger charge is -2.27. The van der Waals surface area contributed by atoms with Crippen molar-refractivity contribution in [3.8, 4) is 11.5 Å². The van der Waals surface area contributed by atoms with Crippen LogP contribution >= 0.6 is 0 Å². The number of rotatable bonds is 9. The van der Waals surface area contributed by atoms with Crippen LogP contribution < -0.4 is 8.92 Å². The zero-order valence-corrected chi connectivity index (χ0v) is 17.5. The number of hydrogen-bond donors (Lipinski definition) is 0. The van der Waals surface area contributed by atoms with Crippen LogP contribution in [0.1, 0.15) is 52.0 Å². The molecule has 0 N–H and O–H groups in total. The van der Waals surface area contributed by atoms with Gasteiger partial charge in [0.05, 0.1) is 12.9 Å². The van der Waals surface area contributed by atoms with Gasteiger partial charge < -0.3 is 13.8 Å². The maximum absolute atomic E-state index is 12.9. The van der Waals surface area contributed by atoms with Gasteiger partial charge in [-0.1, -0.05) is 32.8 Å². The lowest BCUT2D eigenvalue weighted by molar-refractivity contribution is -0.136. The van der Waals surface area contributed by atoms with Crippen LogP contribution in [0.4, 0.5) is 0 Å². The van der Waals surface area contributed by atoms with Crippen LogP contribution in [-0.4, -0.2) is 38.6 Å². The van der Waals surface area contributed by atoms with Gasteiger partial charge in [-0.05, 0) is 43.4 Å². The van der Waals surface area contributed by atoms with Gasteiger partial charge in [-0.2, -0.15) is 8.42 Å². The van der Waals surface area contributed by atoms with Gasteiger partial charge >= 0.3 is 10.1 Å². The maximum atomic E-state index is 12.9. The van der Waals surface area contributed by atoms with E-state index >= 15 is 0 Å². The standard InChI is InChI=1S/C20H31NO5S/c1-5-27(23,24)26-19-12-16(10-11-18(19)25-4)14-21(13-15(2)3)20(22)17-8-6-7-9-17/h10-12,15,17H,5-9,13-14H2,1-4H3. The van der Waals surface area contributed by atoms with Gasteiger partial charge in [0.1, 0.15) is 0 Å². The molecule has 1 aromatic carbocycles. The molecule has 152 valence electrons. The first-order chi connectivity index (χ1) is 12.8. The summed E-state index contributed by atoms with van der Waals surface area (Å²) in [6.45, 7) is 6.80. The fraction of sp³-hybridized carbons (Fsp3) is 0.650. The van der Waals surface area contributed by atoms with Gasteiger partial charge in [0.25, 0.3) is 0 Å². The highest BCUT2D eigenvalue weighted by Gasteiger charge is 2.28. The van der Waals surface area contributed by atoms with Gasteiger partial charge in [0.15, 0.2) is 11.5 Å². The van der Waals surface area contributed by atoms with Crippen molar-refractivity contribution in [3.63, 3.8) is 0 Å². The molecular formula is C20H31NO5S. The predicted molar refractivity (Wildman–Crippen MR) is 105 cm³/mol. The maximum Gasteiger partial charge on any atom is 0.309 e. The summed E-state index contributed by atoms with van der Waals surface area (Å²) in [7, 11) is -2.19. The lowest BCUT2D eigenvalue weighted by Crippen LogP contribution is -2.37. The van der Waals surface area contributed by atoms with Crippen LogP contribution in [0.5, 0.6) is 11.5 Å². The molecule has 0 bridgehead atoms. The summed E-state index contributed by atoms with van der Waals surface area (Å²) in [4.78, 5) is 14.8. The Morgan fingerprint density at radius 2 is 1.89 bits per heavy atom. The minimum Gasteiger partial charge on any atom is -0.493 e. The Morgan fingerprint density at radius 1 is 1.22 bits per heavy atom. The molecule has 7 heteroatoms. The van der Waals surface area contributed by atoms with E-state index in [1.54, 1.807) is 12.1 Å². The summed E-state index contributed by atoms with van der Waals surface area (Å²) in [5, 5.41) is 0. The number of ether oxygens (including phenoxy) is 1. The normalized spacial score (nSPS) is 15.1. The highest BCUT2D eigenvalue weighted by Crippen LogP contribution is 2.31. The number of nitrogens with zero attached hydrogens (tertiary/aromatic N) is 1. The number of carbonyl (C=O) groups excluding carboxylic acids is 1. The van der Waals surface area contributed by atoms with E-state index in [1.807, 2.05) is 11.0 Å². The van der Waals surface area contributed by atoms with E-state index < -0.39 is 10.1 Å². The van der Waals surface area contributed by atoms with Crippen LogP contribution in [0, 0.1) is 11.8 Å². The molecule has 1 aromatic rings. The molecule has 2 rings (SSSR count). The smallest absolute Gasteiger partial charge is 0.309 e. The zero-order valence-electron chi connectivity index (χ0n) is 16.7. The topological polar surface area (TPSA) is 72.9 Å². The summed E-state index contributed by atoms with van der Waals surface area (Å²) in [6, 6.07) is 5.18. The number of carbonyl (C=O) groups is 1. The van der Waals surface area contributed by atoms with Crippen molar-refractivity contribution in [1.29, 1.82) is 0 Å². The molecule has 0 aliphatic heterocycles. The van der Waals surface area contributed by atoms with E-state index in [2.05, 4.69) is 13.8 Å². The largest absolute Gasteiger partial charge is 0.493 e. The fourth-order valence-electron chi connectivity index (χ4n) is 3.40. The summed E-state index contributed by atoms with van der Waals surface area (Å²) < 4.78 is 34.1.